The number of nitro groups is 1. The summed E-state index contributed by atoms with van der Waals surface area (Å²) < 4.78 is 0.450. The lowest BCUT2D eigenvalue weighted by Crippen LogP contribution is -2.09. The standard InChI is InChI=1S/C9H6BrNO5/c10-5-1-2-6(7(3-5)11(15)16)8(12)4-9(13)14/h1-3H,4H2,(H,13,14). The average molecular weight is 288 g/mol. The molecule has 84 valence electrons. The number of carboxylic acid groups (broad SMARTS) is 1. The first-order valence-corrected chi connectivity index (χ1v) is 4.90. The Kier molecular flexibility index (Phi) is 3.73. The van der Waals surface area contributed by atoms with Crippen LogP contribution in [-0.4, -0.2) is 21.8 Å². The van der Waals surface area contributed by atoms with E-state index in [0.717, 1.165) is 6.07 Å². The second kappa shape index (κ2) is 4.84. The van der Waals surface area contributed by atoms with Gasteiger partial charge in [-0.2, -0.15) is 0 Å². The summed E-state index contributed by atoms with van der Waals surface area (Å²) in [5.74, 6) is -2.10. The molecule has 0 amide bonds. The summed E-state index contributed by atoms with van der Waals surface area (Å²) in [5, 5.41) is 19.1. The van der Waals surface area contributed by atoms with Gasteiger partial charge in [-0.1, -0.05) is 15.9 Å². The third-order valence-electron chi connectivity index (χ3n) is 1.77. The molecule has 0 bridgehead atoms. The van der Waals surface area contributed by atoms with E-state index < -0.39 is 28.8 Å². The van der Waals surface area contributed by atoms with Crippen LogP contribution in [0.25, 0.3) is 0 Å². The molecular formula is C9H6BrNO5. The Morgan fingerprint density at radius 2 is 2.06 bits per heavy atom. The molecule has 1 rings (SSSR count). The molecule has 1 N–H and O–H groups in total. The predicted octanol–water partition coefficient (Wildman–Crippen LogP) is 2.01. The van der Waals surface area contributed by atoms with Crippen LogP contribution in [-0.2, 0) is 4.79 Å². The topological polar surface area (TPSA) is 97.5 Å². The zero-order valence-electron chi connectivity index (χ0n) is 7.84. The molecule has 0 saturated carbocycles. The fourth-order valence-corrected chi connectivity index (χ4v) is 1.47. The number of aliphatic carboxylic acids is 1. The summed E-state index contributed by atoms with van der Waals surface area (Å²) in [6, 6.07) is 3.84. The van der Waals surface area contributed by atoms with E-state index in [4.69, 9.17) is 5.11 Å². The Hall–Kier alpha value is -1.76. The molecule has 0 saturated heterocycles. The van der Waals surface area contributed by atoms with Crippen molar-refractivity contribution in [2.75, 3.05) is 0 Å². The van der Waals surface area contributed by atoms with Crippen LogP contribution in [0.2, 0.25) is 0 Å². The highest BCUT2D eigenvalue weighted by atomic mass is 79.9. The summed E-state index contributed by atoms with van der Waals surface area (Å²) in [4.78, 5) is 31.6. The summed E-state index contributed by atoms with van der Waals surface area (Å²) in [7, 11) is 0. The molecule has 0 atom stereocenters. The van der Waals surface area contributed by atoms with E-state index >= 15 is 0 Å². The minimum absolute atomic E-state index is 0.199. The molecule has 0 unspecified atom stereocenters. The predicted molar refractivity (Wildman–Crippen MR) is 57.4 cm³/mol. The highest BCUT2D eigenvalue weighted by molar-refractivity contribution is 9.10. The van der Waals surface area contributed by atoms with E-state index in [-0.39, 0.29) is 5.56 Å². The maximum Gasteiger partial charge on any atom is 0.311 e. The van der Waals surface area contributed by atoms with Crippen molar-refractivity contribution in [3.8, 4) is 0 Å². The molecule has 0 heterocycles. The van der Waals surface area contributed by atoms with Gasteiger partial charge >= 0.3 is 5.97 Å². The zero-order chi connectivity index (χ0) is 12.3. The van der Waals surface area contributed by atoms with Crippen molar-refractivity contribution in [1.29, 1.82) is 0 Å². The van der Waals surface area contributed by atoms with E-state index in [9.17, 15) is 19.7 Å². The summed E-state index contributed by atoms with van der Waals surface area (Å²) >= 11 is 3.03. The maximum atomic E-state index is 11.4. The van der Waals surface area contributed by atoms with E-state index in [0.29, 0.717) is 4.47 Å². The van der Waals surface area contributed by atoms with Crippen LogP contribution in [0.1, 0.15) is 16.8 Å². The highest BCUT2D eigenvalue weighted by Gasteiger charge is 2.21. The van der Waals surface area contributed by atoms with Gasteiger partial charge < -0.3 is 5.11 Å². The van der Waals surface area contributed by atoms with Crippen LogP contribution >= 0.6 is 15.9 Å². The number of Topliss-reactive ketones (excluding diaryl/α,β-unsaturated/α-hetero) is 1. The first-order valence-electron chi connectivity index (χ1n) is 4.10. The quantitative estimate of drug-likeness (QED) is 0.395. The van der Waals surface area contributed by atoms with Crippen molar-refractivity contribution in [1.82, 2.24) is 0 Å². The Morgan fingerprint density at radius 3 is 2.56 bits per heavy atom. The van der Waals surface area contributed by atoms with Gasteiger partial charge in [0.05, 0.1) is 10.5 Å². The van der Waals surface area contributed by atoms with Crippen LogP contribution in [0.4, 0.5) is 5.69 Å². The number of carboxylic acids is 1. The van der Waals surface area contributed by atoms with Gasteiger partial charge in [0, 0.05) is 10.5 Å². The first-order chi connectivity index (χ1) is 7.41. The van der Waals surface area contributed by atoms with Crippen molar-refractivity contribution in [3.63, 3.8) is 0 Å². The van der Waals surface area contributed by atoms with E-state index in [2.05, 4.69) is 15.9 Å². The van der Waals surface area contributed by atoms with Gasteiger partial charge in [0.15, 0.2) is 5.78 Å². The number of nitrogens with zero attached hydrogens (tertiary/aromatic N) is 1. The van der Waals surface area contributed by atoms with E-state index in [1.165, 1.54) is 12.1 Å². The van der Waals surface area contributed by atoms with E-state index in [1.807, 2.05) is 0 Å². The number of benzene rings is 1. The lowest BCUT2D eigenvalue weighted by atomic mass is 10.1. The second-order valence-electron chi connectivity index (χ2n) is 2.91. The number of hydrogen-bond donors (Lipinski definition) is 1. The number of carbonyl (C=O) groups is 2. The molecule has 0 spiro atoms. The van der Waals surface area contributed by atoms with Gasteiger partial charge in [-0.15, -0.1) is 0 Å². The van der Waals surface area contributed by atoms with Crippen molar-refractivity contribution in [2.24, 2.45) is 0 Å². The number of rotatable bonds is 4. The zero-order valence-corrected chi connectivity index (χ0v) is 9.43. The fourth-order valence-electron chi connectivity index (χ4n) is 1.12. The van der Waals surface area contributed by atoms with Crippen LogP contribution < -0.4 is 0 Å². The molecule has 0 aliphatic rings. The summed E-state index contributed by atoms with van der Waals surface area (Å²) in [6.45, 7) is 0. The first kappa shape index (κ1) is 12.3. The molecule has 0 aromatic heterocycles. The third-order valence-corrected chi connectivity index (χ3v) is 2.26. The summed E-state index contributed by atoms with van der Waals surface area (Å²) in [5.41, 5.74) is -0.601. The van der Waals surface area contributed by atoms with Crippen molar-refractivity contribution < 1.29 is 19.6 Å². The lowest BCUT2D eigenvalue weighted by molar-refractivity contribution is -0.385. The smallest absolute Gasteiger partial charge is 0.311 e. The normalized spacial score (nSPS) is 9.81. The SMILES string of the molecule is O=C(O)CC(=O)c1ccc(Br)cc1[N+](=O)[O-]. The maximum absolute atomic E-state index is 11.4. The van der Waals surface area contributed by atoms with Gasteiger partial charge in [-0.3, -0.25) is 19.7 Å². The van der Waals surface area contributed by atoms with Gasteiger partial charge in [-0.05, 0) is 12.1 Å². The second-order valence-corrected chi connectivity index (χ2v) is 3.83. The molecule has 1 aromatic rings. The lowest BCUT2D eigenvalue weighted by Gasteiger charge is -2.00. The number of halogens is 1. The number of ketones is 1. The molecule has 0 radical (unpaired) electrons. The van der Waals surface area contributed by atoms with Crippen LogP contribution in [0, 0.1) is 10.1 Å². The molecular weight excluding hydrogens is 282 g/mol. The number of hydrogen-bond acceptors (Lipinski definition) is 4. The molecule has 0 aliphatic carbocycles. The third kappa shape index (κ3) is 2.86. The highest BCUT2D eigenvalue weighted by Crippen LogP contribution is 2.24. The largest absolute Gasteiger partial charge is 0.481 e. The Bertz CT molecular complexity index is 471. The molecule has 7 heteroatoms. The van der Waals surface area contributed by atoms with Gasteiger partial charge in [-0.25, -0.2) is 0 Å². The van der Waals surface area contributed by atoms with Gasteiger partial charge in [0.25, 0.3) is 5.69 Å². The Balaban J connectivity index is 3.17. The van der Waals surface area contributed by atoms with Gasteiger partial charge in [0.2, 0.25) is 0 Å². The van der Waals surface area contributed by atoms with Crippen molar-refractivity contribution in [2.45, 2.75) is 6.42 Å². The van der Waals surface area contributed by atoms with Gasteiger partial charge in [0.1, 0.15) is 6.42 Å². The van der Waals surface area contributed by atoms with E-state index in [1.54, 1.807) is 0 Å². The summed E-state index contributed by atoms with van der Waals surface area (Å²) in [6.07, 6.45) is -0.761. The molecule has 16 heavy (non-hydrogen) atoms. The molecule has 1 aromatic carbocycles. The Labute approximate surface area is 98.2 Å². The fraction of sp³-hybridized carbons (Fsp3) is 0.111. The Morgan fingerprint density at radius 1 is 1.44 bits per heavy atom. The van der Waals surface area contributed by atoms with Crippen LogP contribution in [0.15, 0.2) is 22.7 Å². The van der Waals surface area contributed by atoms with Crippen LogP contribution in [0.5, 0.6) is 0 Å². The van der Waals surface area contributed by atoms with Crippen molar-refractivity contribution in [3.05, 3.63) is 38.3 Å². The number of nitro benzene ring substituents is 1. The molecule has 6 nitrogen and oxygen atoms in total. The minimum Gasteiger partial charge on any atom is -0.481 e. The average Bonchev–Trinajstić information content (AvgIpc) is 2.16. The molecule has 0 aliphatic heterocycles. The minimum atomic E-state index is -1.32. The number of carbonyl (C=O) groups excluding carboxylic acids is 1. The van der Waals surface area contributed by atoms with Crippen molar-refractivity contribution >= 4 is 33.4 Å². The van der Waals surface area contributed by atoms with Crippen LogP contribution in [0.3, 0.4) is 0 Å². The molecule has 0 fully saturated rings. The monoisotopic (exact) mass is 287 g/mol.